The molecular formula is C27H28N6O2S. The molecule has 2 amide bonds. The van der Waals surface area contributed by atoms with Crippen LogP contribution < -0.4 is 16.0 Å². The van der Waals surface area contributed by atoms with Gasteiger partial charge >= 0.3 is 0 Å². The maximum atomic E-state index is 12.5. The standard InChI is InChI=1S/C27H28N6O2S/c1-19-9-6-7-14-24(19)28-18-25-31-32-27(33(25)23-12-4-3-5-13-23)36-16-15-26(35)30-22-11-8-10-21(17-22)29-20(2)34/h3-14,17,28H,15-16,18H2,1-2H3,(H,29,34)(H,30,35). The van der Waals surface area contributed by atoms with Crippen molar-refractivity contribution >= 4 is 40.6 Å². The van der Waals surface area contributed by atoms with Crippen LogP contribution in [-0.2, 0) is 16.1 Å². The van der Waals surface area contributed by atoms with Gasteiger partial charge in [0, 0.05) is 41.8 Å². The number of amides is 2. The number of hydrogen-bond donors (Lipinski definition) is 3. The van der Waals surface area contributed by atoms with E-state index in [1.807, 2.05) is 53.1 Å². The van der Waals surface area contributed by atoms with E-state index < -0.39 is 0 Å². The van der Waals surface area contributed by atoms with Gasteiger partial charge in [-0.1, -0.05) is 54.2 Å². The summed E-state index contributed by atoms with van der Waals surface area (Å²) in [5.41, 5.74) is 4.44. The van der Waals surface area contributed by atoms with Crippen LogP contribution in [0.25, 0.3) is 5.69 Å². The topological polar surface area (TPSA) is 101 Å². The lowest BCUT2D eigenvalue weighted by atomic mass is 10.2. The molecule has 9 heteroatoms. The Morgan fingerprint density at radius 2 is 1.61 bits per heavy atom. The van der Waals surface area contributed by atoms with Crippen molar-refractivity contribution < 1.29 is 9.59 Å². The number of nitrogens with zero attached hydrogens (tertiary/aromatic N) is 3. The summed E-state index contributed by atoms with van der Waals surface area (Å²) in [6.45, 7) is 4.02. The first-order chi connectivity index (χ1) is 17.5. The highest BCUT2D eigenvalue weighted by molar-refractivity contribution is 7.99. The molecule has 0 unspecified atom stereocenters. The number of benzene rings is 3. The quantitative estimate of drug-likeness (QED) is 0.257. The summed E-state index contributed by atoms with van der Waals surface area (Å²) in [5, 5.41) is 18.6. The van der Waals surface area contributed by atoms with Crippen LogP contribution in [0.5, 0.6) is 0 Å². The molecule has 0 aliphatic carbocycles. The van der Waals surface area contributed by atoms with E-state index in [9.17, 15) is 9.59 Å². The molecule has 3 aromatic carbocycles. The predicted molar refractivity (Wildman–Crippen MR) is 145 cm³/mol. The lowest BCUT2D eigenvalue weighted by molar-refractivity contribution is -0.116. The molecule has 0 saturated carbocycles. The Hall–Kier alpha value is -4.11. The second kappa shape index (κ2) is 12.0. The van der Waals surface area contributed by atoms with Crippen LogP contribution in [0, 0.1) is 6.92 Å². The Bertz CT molecular complexity index is 1340. The molecule has 0 spiro atoms. The molecule has 184 valence electrons. The summed E-state index contributed by atoms with van der Waals surface area (Å²) in [6.07, 6.45) is 0.299. The third-order valence-electron chi connectivity index (χ3n) is 5.32. The number of anilines is 3. The summed E-state index contributed by atoms with van der Waals surface area (Å²) < 4.78 is 2.02. The van der Waals surface area contributed by atoms with Crippen molar-refractivity contribution in [2.45, 2.75) is 32.0 Å². The van der Waals surface area contributed by atoms with Crippen molar-refractivity contribution in [1.29, 1.82) is 0 Å². The number of aryl methyl sites for hydroxylation is 1. The molecule has 8 nitrogen and oxygen atoms in total. The number of carbonyl (C=O) groups is 2. The molecule has 0 saturated heterocycles. The fourth-order valence-corrected chi connectivity index (χ4v) is 4.54. The Balaban J connectivity index is 1.40. The van der Waals surface area contributed by atoms with E-state index >= 15 is 0 Å². The van der Waals surface area contributed by atoms with Crippen molar-refractivity contribution in [3.8, 4) is 5.69 Å². The summed E-state index contributed by atoms with van der Waals surface area (Å²) in [4.78, 5) is 23.8. The minimum Gasteiger partial charge on any atom is -0.378 e. The average molecular weight is 501 g/mol. The fourth-order valence-electron chi connectivity index (χ4n) is 3.63. The Morgan fingerprint density at radius 1 is 0.889 bits per heavy atom. The SMILES string of the molecule is CC(=O)Nc1cccc(NC(=O)CCSc2nnc(CNc3ccccc3C)n2-c2ccccc2)c1. The zero-order valence-electron chi connectivity index (χ0n) is 20.2. The smallest absolute Gasteiger partial charge is 0.225 e. The van der Waals surface area contributed by atoms with Gasteiger partial charge in [-0.05, 0) is 48.9 Å². The predicted octanol–water partition coefficient (Wildman–Crippen LogP) is 5.27. The van der Waals surface area contributed by atoms with E-state index in [-0.39, 0.29) is 11.8 Å². The number of nitrogens with one attached hydrogen (secondary N) is 3. The zero-order chi connectivity index (χ0) is 25.3. The van der Waals surface area contributed by atoms with Crippen LogP contribution in [0.4, 0.5) is 17.1 Å². The van der Waals surface area contributed by atoms with Gasteiger partial charge in [-0.3, -0.25) is 14.2 Å². The highest BCUT2D eigenvalue weighted by atomic mass is 32.2. The van der Waals surface area contributed by atoms with Gasteiger partial charge in [0.15, 0.2) is 11.0 Å². The molecular weight excluding hydrogens is 472 g/mol. The van der Waals surface area contributed by atoms with Crippen molar-refractivity contribution in [3.05, 3.63) is 90.3 Å². The first-order valence-electron chi connectivity index (χ1n) is 11.6. The highest BCUT2D eigenvalue weighted by Crippen LogP contribution is 2.24. The largest absolute Gasteiger partial charge is 0.378 e. The van der Waals surface area contributed by atoms with Crippen molar-refractivity contribution in [3.63, 3.8) is 0 Å². The number of rotatable bonds is 10. The maximum absolute atomic E-state index is 12.5. The minimum atomic E-state index is -0.161. The van der Waals surface area contributed by atoms with Crippen molar-refractivity contribution in [1.82, 2.24) is 14.8 Å². The first kappa shape index (κ1) is 25.0. The van der Waals surface area contributed by atoms with Crippen LogP contribution >= 0.6 is 11.8 Å². The van der Waals surface area contributed by atoms with E-state index in [0.717, 1.165) is 27.9 Å². The molecule has 0 radical (unpaired) electrons. The minimum absolute atomic E-state index is 0.116. The van der Waals surface area contributed by atoms with Gasteiger partial charge < -0.3 is 16.0 Å². The Kier molecular flexibility index (Phi) is 8.36. The highest BCUT2D eigenvalue weighted by Gasteiger charge is 2.15. The molecule has 36 heavy (non-hydrogen) atoms. The molecule has 1 heterocycles. The number of hydrogen-bond acceptors (Lipinski definition) is 6. The Morgan fingerprint density at radius 3 is 2.36 bits per heavy atom. The normalized spacial score (nSPS) is 10.6. The molecule has 1 aromatic heterocycles. The van der Waals surface area contributed by atoms with Gasteiger partial charge in [0.1, 0.15) is 0 Å². The molecule has 0 aliphatic rings. The average Bonchev–Trinajstić information content (AvgIpc) is 3.26. The van der Waals surface area contributed by atoms with Gasteiger partial charge in [-0.2, -0.15) is 0 Å². The van der Waals surface area contributed by atoms with Gasteiger partial charge in [0.2, 0.25) is 11.8 Å². The van der Waals surface area contributed by atoms with E-state index in [2.05, 4.69) is 39.1 Å². The van der Waals surface area contributed by atoms with Gasteiger partial charge in [-0.25, -0.2) is 0 Å². The molecule has 4 rings (SSSR count). The molecule has 0 aliphatic heterocycles. The van der Waals surface area contributed by atoms with E-state index in [1.165, 1.54) is 18.7 Å². The van der Waals surface area contributed by atoms with Crippen LogP contribution in [0.1, 0.15) is 24.7 Å². The summed E-state index contributed by atoms with van der Waals surface area (Å²) in [5.74, 6) is 1.04. The summed E-state index contributed by atoms with van der Waals surface area (Å²) in [7, 11) is 0. The molecule has 3 N–H and O–H groups in total. The third kappa shape index (κ3) is 6.73. The lowest BCUT2D eigenvalue weighted by Crippen LogP contribution is -2.13. The zero-order valence-corrected chi connectivity index (χ0v) is 21.0. The van der Waals surface area contributed by atoms with Gasteiger partial charge in [0.25, 0.3) is 0 Å². The molecule has 0 atom stereocenters. The lowest BCUT2D eigenvalue weighted by Gasteiger charge is -2.12. The number of carbonyl (C=O) groups excluding carboxylic acids is 2. The van der Waals surface area contributed by atoms with E-state index in [4.69, 9.17) is 0 Å². The third-order valence-corrected chi connectivity index (χ3v) is 6.25. The second-order valence-corrected chi connectivity index (χ2v) is 9.21. The fraction of sp³-hybridized carbons (Fsp3) is 0.185. The van der Waals surface area contributed by atoms with Crippen LogP contribution in [0.3, 0.4) is 0 Å². The summed E-state index contributed by atoms with van der Waals surface area (Å²) in [6, 6.07) is 25.1. The monoisotopic (exact) mass is 500 g/mol. The van der Waals surface area contributed by atoms with Crippen molar-refractivity contribution in [2.75, 3.05) is 21.7 Å². The molecule has 0 fully saturated rings. The van der Waals surface area contributed by atoms with Gasteiger partial charge in [0.05, 0.1) is 6.54 Å². The van der Waals surface area contributed by atoms with Crippen LogP contribution in [-0.4, -0.2) is 32.3 Å². The molecule has 0 bridgehead atoms. The Labute approximate surface area is 214 Å². The van der Waals surface area contributed by atoms with E-state index in [0.29, 0.717) is 30.1 Å². The number of aromatic nitrogens is 3. The van der Waals surface area contributed by atoms with Crippen molar-refractivity contribution in [2.24, 2.45) is 0 Å². The molecule has 4 aromatic rings. The number of para-hydroxylation sites is 2. The van der Waals surface area contributed by atoms with Gasteiger partial charge in [-0.15, -0.1) is 10.2 Å². The first-order valence-corrected chi connectivity index (χ1v) is 12.6. The van der Waals surface area contributed by atoms with Crippen LogP contribution in [0.15, 0.2) is 84.0 Å². The van der Waals surface area contributed by atoms with Crippen LogP contribution in [0.2, 0.25) is 0 Å². The maximum Gasteiger partial charge on any atom is 0.225 e. The summed E-state index contributed by atoms with van der Waals surface area (Å²) >= 11 is 1.48. The second-order valence-electron chi connectivity index (χ2n) is 8.15. The number of thioether (sulfide) groups is 1. The van der Waals surface area contributed by atoms with E-state index in [1.54, 1.807) is 24.3 Å².